The summed E-state index contributed by atoms with van der Waals surface area (Å²) in [5, 5.41) is 10.6. The van der Waals surface area contributed by atoms with Crippen molar-refractivity contribution in [3.8, 4) is 0 Å². The Labute approximate surface area is 284 Å². The van der Waals surface area contributed by atoms with Crippen molar-refractivity contribution in [3.63, 3.8) is 0 Å². The predicted octanol–water partition coefficient (Wildman–Crippen LogP) is 8.65. The Kier molecular flexibility index (Phi) is 9.73. The molecule has 240 valence electrons. The first kappa shape index (κ1) is 32.3. The summed E-state index contributed by atoms with van der Waals surface area (Å²) in [7, 11) is 0. The molecule has 48 heavy (non-hydrogen) atoms. The average molecular weight is 653 g/mol. The molecule has 1 unspecified atom stereocenters. The van der Waals surface area contributed by atoms with Crippen LogP contribution in [0.3, 0.4) is 0 Å². The zero-order chi connectivity index (χ0) is 33.6. The highest BCUT2D eigenvalue weighted by Gasteiger charge is 2.18. The van der Waals surface area contributed by atoms with Crippen LogP contribution in [-0.4, -0.2) is 27.5 Å². The quantitative estimate of drug-likeness (QED) is 0.102. The molecule has 0 spiro atoms. The number of fused-ring (bicyclic) bond motifs is 3. The lowest BCUT2D eigenvalue weighted by molar-refractivity contribution is -0.115. The van der Waals surface area contributed by atoms with Gasteiger partial charge < -0.3 is 20.5 Å². The topological polar surface area (TPSA) is 92.2 Å². The number of thioether (sulfide) groups is 1. The molecule has 0 fully saturated rings. The molecule has 7 nitrogen and oxygen atoms in total. The second kappa shape index (κ2) is 14.4. The van der Waals surface area contributed by atoms with Gasteiger partial charge in [-0.1, -0.05) is 66.2 Å². The lowest BCUT2D eigenvalue weighted by atomic mass is 10.1. The molecule has 0 saturated carbocycles. The van der Waals surface area contributed by atoms with Crippen molar-refractivity contribution in [1.29, 1.82) is 0 Å². The molecule has 1 atom stereocenters. The fourth-order valence-electron chi connectivity index (χ4n) is 5.56. The molecule has 0 aliphatic carbocycles. The van der Waals surface area contributed by atoms with E-state index in [-0.39, 0.29) is 22.8 Å². The Morgan fingerprint density at radius 1 is 0.750 bits per heavy atom. The third kappa shape index (κ3) is 7.35. The van der Waals surface area contributed by atoms with Crippen molar-refractivity contribution in [2.45, 2.75) is 37.5 Å². The van der Waals surface area contributed by atoms with Gasteiger partial charge in [0.25, 0.3) is 11.8 Å². The lowest BCUT2D eigenvalue weighted by Crippen LogP contribution is -2.30. The van der Waals surface area contributed by atoms with E-state index in [9.17, 15) is 14.4 Å². The number of aromatic nitrogens is 1. The summed E-state index contributed by atoms with van der Waals surface area (Å²) in [6.07, 6.45) is 1.65. The molecule has 6 aromatic rings. The van der Waals surface area contributed by atoms with Gasteiger partial charge in [0.1, 0.15) is 5.70 Å². The Balaban J connectivity index is 1.11. The third-order valence-corrected chi connectivity index (χ3v) is 9.18. The highest BCUT2D eigenvalue weighted by molar-refractivity contribution is 8.00. The van der Waals surface area contributed by atoms with Gasteiger partial charge in [0.15, 0.2) is 0 Å². The molecule has 3 N–H and O–H groups in total. The average Bonchev–Trinajstić information content (AvgIpc) is 3.42. The van der Waals surface area contributed by atoms with E-state index in [0.717, 1.165) is 44.5 Å². The largest absolute Gasteiger partial charge is 0.341 e. The van der Waals surface area contributed by atoms with Crippen molar-refractivity contribution in [1.82, 2.24) is 9.88 Å². The smallest absolute Gasteiger partial charge is 0.272 e. The van der Waals surface area contributed by atoms with Gasteiger partial charge in [0, 0.05) is 50.2 Å². The molecule has 1 aromatic heterocycles. The molecule has 6 rings (SSSR count). The van der Waals surface area contributed by atoms with E-state index in [1.54, 1.807) is 42.5 Å². The number of rotatable bonds is 10. The molecule has 1 heterocycles. The van der Waals surface area contributed by atoms with Crippen LogP contribution >= 0.6 is 11.8 Å². The molecule has 0 saturated heterocycles. The van der Waals surface area contributed by atoms with E-state index < -0.39 is 5.91 Å². The van der Waals surface area contributed by atoms with Crippen molar-refractivity contribution in [3.05, 3.63) is 144 Å². The van der Waals surface area contributed by atoms with Gasteiger partial charge >= 0.3 is 0 Å². The summed E-state index contributed by atoms with van der Waals surface area (Å²) >= 11 is 1.43. The minimum atomic E-state index is -0.452. The number of hydrogen-bond acceptors (Lipinski definition) is 4. The van der Waals surface area contributed by atoms with Gasteiger partial charge in [-0.15, -0.1) is 11.8 Å². The zero-order valence-electron chi connectivity index (χ0n) is 27.0. The van der Waals surface area contributed by atoms with E-state index in [0.29, 0.717) is 11.3 Å². The molecule has 3 amide bonds. The Morgan fingerprint density at radius 2 is 1.42 bits per heavy atom. The summed E-state index contributed by atoms with van der Waals surface area (Å²) in [5.74, 6) is -0.932. The highest BCUT2D eigenvalue weighted by atomic mass is 32.2. The number of amides is 3. The summed E-state index contributed by atoms with van der Waals surface area (Å²) in [5.41, 5.74) is 6.08. The van der Waals surface area contributed by atoms with Crippen LogP contribution in [0.15, 0.2) is 132 Å². The van der Waals surface area contributed by atoms with Crippen LogP contribution in [0.25, 0.3) is 27.9 Å². The van der Waals surface area contributed by atoms with Gasteiger partial charge in [-0.3, -0.25) is 14.4 Å². The van der Waals surface area contributed by atoms with Gasteiger partial charge in [-0.05, 0) is 93.1 Å². The summed E-state index contributed by atoms with van der Waals surface area (Å²) in [6.45, 7) is 6.85. The van der Waals surface area contributed by atoms with Crippen LogP contribution in [0.2, 0.25) is 0 Å². The maximum Gasteiger partial charge on any atom is 0.272 e. The summed E-state index contributed by atoms with van der Waals surface area (Å²) in [4.78, 5) is 40.4. The number of nitrogens with zero attached hydrogens (tertiary/aromatic N) is 1. The van der Waals surface area contributed by atoms with E-state index in [4.69, 9.17) is 0 Å². The minimum absolute atomic E-state index is 0.101. The van der Waals surface area contributed by atoms with E-state index in [2.05, 4.69) is 45.6 Å². The monoisotopic (exact) mass is 652 g/mol. The lowest BCUT2D eigenvalue weighted by Gasteiger charge is -2.14. The van der Waals surface area contributed by atoms with Crippen LogP contribution in [0.4, 0.5) is 11.4 Å². The number of carbonyl (C=O) groups is 3. The number of carbonyl (C=O) groups excluding carboxylic acids is 3. The number of para-hydroxylation sites is 1. The number of anilines is 2. The molecule has 0 aliphatic rings. The standard InChI is InChI=1S/C40H36N4O3S/c1-4-44-36-13-9-8-12-33(36)34-25-31(20-23-37(34)44)42-38(45)27(3)48-32-21-18-30(19-22-32)41-40(47)35(24-28-16-14-26(2)15-17-28)43-39(46)29-10-6-5-7-11-29/h5-25,27H,4H2,1-3H3,(H,41,47)(H,42,45)(H,43,46)/b35-24-. The first-order chi connectivity index (χ1) is 23.3. The van der Waals surface area contributed by atoms with Crippen LogP contribution in [0, 0.1) is 6.92 Å². The van der Waals surface area contributed by atoms with Crippen LogP contribution in [-0.2, 0) is 16.1 Å². The van der Waals surface area contributed by atoms with Gasteiger partial charge in [0.05, 0.1) is 5.25 Å². The minimum Gasteiger partial charge on any atom is -0.341 e. The van der Waals surface area contributed by atoms with Crippen molar-refractivity contribution in [2.75, 3.05) is 10.6 Å². The SMILES string of the molecule is CCn1c2ccccc2c2cc(NC(=O)C(C)Sc3ccc(NC(=O)/C(=C/c4ccc(C)cc4)NC(=O)c4ccccc4)cc3)ccc21. The van der Waals surface area contributed by atoms with Crippen molar-refractivity contribution in [2.24, 2.45) is 0 Å². The maximum absolute atomic E-state index is 13.4. The third-order valence-electron chi connectivity index (χ3n) is 8.07. The Bertz CT molecular complexity index is 2140. The molecule has 0 bridgehead atoms. The molecule has 0 radical (unpaired) electrons. The number of benzene rings is 5. The summed E-state index contributed by atoms with van der Waals surface area (Å²) in [6, 6.07) is 38.1. The second-order valence-corrected chi connectivity index (χ2v) is 12.9. The molecular formula is C40H36N4O3S. The second-order valence-electron chi connectivity index (χ2n) is 11.5. The molecule has 5 aromatic carbocycles. The van der Waals surface area contributed by atoms with Crippen LogP contribution in [0.1, 0.15) is 35.3 Å². The zero-order valence-corrected chi connectivity index (χ0v) is 27.8. The fourth-order valence-corrected chi connectivity index (χ4v) is 6.43. The molecule has 0 aliphatic heterocycles. The van der Waals surface area contributed by atoms with Crippen LogP contribution in [0.5, 0.6) is 0 Å². The maximum atomic E-state index is 13.4. The summed E-state index contributed by atoms with van der Waals surface area (Å²) < 4.78 is 2.28. The van der Waals surface area contributed by atoms with Crippen molar-refractivity contribution >= 4 is 68.7 Å². The molecular weight excluding hydrogens is 617 g/mol. The predicted molar refractivity (Wildman–Crippen MR) is 197 cm³/mol. The Morgan fingerprint density at radius 3 is 2.15 bits per heavy atom. The molecule has 8 heteroatoms. The normalized spacial score (nSPS) is 12.1. The number of nitrogens with one attached hydrogen (secondary N) is 3. The first-order valence-electron chi connectivity index (χ1n) is 15.8. The van der Waals surface area contributed by atoms with Crippen molar-refractivity contribution < 1.29 is 14.4 Å². The highest BCUT2D eigenvalue weighted by Crippen LogP contribution is 2.32. The van der Waals surface area contributed by atoms with E-state index in [1.807, 2.05) is 80.6 Å². The fraction of sp³-hybridized carbons (Fsp3) is 0.125. The van der Waals surface area contributed by atoms with Gasteiger partial charge in [-0.2, -0.15) is 0 Å². The van der Waals surface area contributed by atoms with Gasteiger partial charge in [-0.25, -0.2) is 0 Å². The van der Waals surface area contributed by atoms with E-state index >= 15 is 0 Å². The first-order valence-corrected chi connectivity index (χ1v) is 16.7. The number of hydrogen-bond donors (Lipinski definition) is 3. The number of aryl methyl sites for hydroxylation is 2. The van der Waals surface area contributed by atoms with Crippen LogP contribution < -0.4 is 16.0 Å². The Hall–Kier alpha value is -5.60. The van der Waals surface area contributed by atoms with E-state index in [1.165, 1.54) is 17.3 Å². The van der Waals surface area contributed by atoms with Gasteiger partial charge in [0.2, 0.25) is 5.91 Å².